The van der Waals surface area contributed by atoms with Crippen molar-refractivity contribution in [2.24, 2.45) is 0 Å². The standard InChI is InChI=1S/C15H11N3.2C2H4O2.Mn.H2O/c1-3-10-16-12(6-1)14-8-5-9-15(18-14)13-7-2-4-11-17-13;2*1-2(3)4;;/h1-11H;2*1H3,(H,3,4);;1H2/q;;;+2;/p-2. The van der Waals surface area contributed by atoms with Gasteiger partial charge in [0.15, 0.2) is 0 Å². The number of hydrogen-bond donors (Lipinski definition) is 0. The van der Waals surface area contributed by atoms with Crippen LogP contribution in [0, 0.1) is 0 Å². The second-order valence-corrected chi connectivity index (χ2v) is 4.82. The predicted molar refractivity (Wildman–Crippen MR) is 95.7 cm³/mol. The maximum atomic E-state index is 8.89. The fourth-order valence-corrected chi connectivity index (χ4v) is 1.75. The van der Waals surface area contributed by atoms with Gasteiger partial charge >= 0.3 is 17.1 Å². The van der Waals surface area contributed by atoms with Crippen molar-refractivity contribution in [2.45, 2.75) is 13.8 Å². The van der Waals surface area contributed by atoms with Gasteiger partial charge < -0.3 is 25.3 Å². The average molecular weight is 424 g/mol. The topological polar surface area (TPSA) is 150 Å². The van der Waals surface area contributed by atoms with E-state index in [4.69, 9.17) is 19.8 Å². The SMILES string of the molecule is CC(=O)[O-].CC(=O)[O-].O.[Mn+2].c1ccc(-c2cccc(-c3ccccn3)n2)nc1. The van der Waals surface area contributed by atoms with Gasteiger partial charge in [0.2, 0.25) is 0 Å². The van der Waals surface area contributed by atoms with E-state index in [0.29, 0.717) is 0 Å². The summed E-state index contributed by atoms with van der Waals surface area (Å²) in [6, 6.07) is 17.5. The van der Waals surface area contributed by atoms with E-state index in [1.54, 1.807) is 12.4 Å². The molecule has 3 rings (SSSR count). The van der Waals surface area contributed by atoms with Gasteiger partial charge in [-0.05, 0) is 50.2 Å². The number of carboxylic acids is 2. The van der Waals surface area contributed by atoms with Gasteiger partial charge in [0.1, 0.15) is 0 Å². The predicted octanol–water partition coefficient (Wildman–Crippen LogP) is -0.109. The molecule has 0 aliphatic carbocycles. The first-order valence-corrected chi connectivity index (χ1v) is 7.55. The number of aliphatic carboxylic acids is 2. The maximum absolute atomic E-state index is 8.89. The molecule has 0 unspecified atom stereocenters. The van der Waals surface area contributed by atoms with E-state index >= 15 is 0 Å². The summed E-state index contributed by atoms with van der Waals surface area (Å²) in [5.74, 6) is -2.17. The number of nitrogens with zero attached hydrogens (tertiary/aromatic N) is 3. The summed E-state index contributed by atoms with van der Waals surface area (Å²) in [7, 11) is 0. The average Bonchev–Trinajstić information content (AvgIpc) is 2.62. The zero-order valence-electron chi connectivity index (χ0n) is 15.2. The molecule has 0 saturated carbocycles. The van der Waals surface area contributed by atoms with Crippen LogP contribution >= 0.6 is 0 Å². The van der Waals surface area contributed by atoms with Crippen LogP contribution in [0.5, 0.6) is 0 Å². The van der Waals surface area contributed by atoms with Gasteiger partial charge in [0.25, 0.3) is 0 Å². The molecule has 0 spiro atoms. The molecule has 0 fully saturated rings. The Bertz CT molecular complexity index is 758. The van der Waals surface area contributed by atoms with Crippen LogP contribution in [0.1, 0.15) is 13.8 Å². The van der Waals surface area contributed by atoms with Gasteiger partial charge in [-0.3, -0.25) is 9.97 Å². The Morgan fingerprint density at radius 1 is 0.679 bits per heavy atom. The summed E-state index contributed by atoms with van der Waals surface area (Å²) >= 11 is 0. The van der Waals surface area contributed by atoms with Crippen molar-refractivity contribution in [2.75, 3.05) is 0 Å². The third-order valence-electron chi connectivity index (χ3n) is 2.60. The van der Waals surface area contributed by atoms with E-state index in [9.17, 15) is 0 Å². The molecule has 0 saturated heterocycles. The van der Waals surface area contributed by atoms with Crippen LogP contribution in [-0.2, 0) is 26.7 Å². The van der Waals surface area contributed by atoms with Gasteiger partial charge in [-0.15, -0.1) is 0 Å². The third-order valence-corrected chi connectivity index (χ3v) is 2.60. The molecule has 0 amide bonds. The molecule has 0 bridgehead atoms. The van der Waals surface area contributed by atoms with Gasteiger partial charge in [0, 0.05) is 24.3 Å². The van der Waals surface area contributed by atoms with E-state index in [1.165, 1.54) is 0 Å². The van der Waals surface area contributed by atoms with E-state index in [2.05, 4.69) is 15.0 Å². The second-order valence-electron chi connectivity index (χ2n) is 4.82. The van der Waals surface area contributed by atoms with Crippen LogP contribution in [0.2, 0.25) is 0 Å². The molecule has 28 heavy (non-hydrogen) atoms. The summed E-state index contributed by atoms with van der Waals surface area (Å²) in [6.45, 7) is 1.94. The van der Waals surface area contributed by atoms with E-state index in [0.717, 1.165) is 36.6 Å². The van der Waals surface area contributed by atoms with Crippen molar-refractivity contribution in [1.82, 2.24) is 15.0 Å². The monoisotopic (exact) mass is 424 g/mol. The summed E-state index contributed by atoms with van der Waals surface area (Å²) in [5.41, 5.74) is 3.46. The van der Waals surface area contributed by atoms with E-state index in [-0.39, 0.29) is 22.5 Å². The molecule has 3 heterocycles. The largest absolute Gasteiger partial charge is 2.00 e. The van der Waals surface area contributed by atoms with E-state index in [1.807, 2.05) is 54.6 Å². The fourth-order valence-electron chi connectivity index (χ4n) is 1.75. The van der Waals surface area contributed by atoms with Crippen LogP contribution in [0.4, 0.5) is 0 Å². The smallest absolute Gasteiger partial charge is 0.550 e. The Kier molecular flexibility index (Phi) is 14.5. The Morgan fingerprint density at radius 2 is 1.00 bits per heavy atom. The fraction of sp³-hybridized carbons (Fsp3) is 0.105. The molecule has 1 radical (unpaired) electrons. The molecule has 0 aliphatic heterocycles. The number of carbonyl (C=O) groups excluding carboxylic acids is 2. The minimum absolute atomic E-state index is 0. The molecule has 3 aromatic heterocycles. The van der Waals surface area contributed by atoms with Crippen LogP contribution in [0.15, 0.2) is 67.0 Å². The zero-order valence-corrected chi connectivity index (χ0v) is 16.4. The summed E-state index contributed by atoms with van der Waals surface area (Å²) < 4.78 is 0. The minimum Gasteiger partial charge on any atom is -0.550 e. The number of carbonyl (C=O) groups is 2. The van der Waals surface area contributed by atoms with Gasteiger partial charge in [-0.1, -0.05) is 18.2 Å². The molecular weight excluding hydrogens is 405 g/mol. The van der Waals surface area contributed by atoms with Crippen LogP contribution in [0.25, 0.3) is 22.8 Å². The first-order valence-electron chi connectivity index (χ1n) is 7.55. The molecule has 0 aromatic carbocycles. The number of rotatable bonds is 2. The number of hydrogen-bond acceptors (Lipinski definition) is 7. The van der Waals surface area contributed by atoms with Gasteiger partial charge in [-0.2, -0.15) is 0 Å². The third kappa shape index (κ3) is 11.5. The number of pyridine rings is 3. The molecule has 9 heteroatoms. The molecule has 2 N–H and O–H groups in total. The summed E-state index contributed by atoms with van der Waals surface area (Å²) in [6.07, 6.45) is 3.54. The van der Waals surface area contributed by atoms with Crippen molar-refractivity contribution < 1.29 is 42.3 Å². The number of aromatic nitrogens is 3. The van der Waals surface area contributed by atoms with Crippen molar-refractivity contribution in [1.29, 1.82) is 0 Å². The minimum atomic E-state index is -1.08. The maximum Gasteiger partial charge on any atom is 2.00 e. The molecule has 8 nitrogen and oxygen atoms in total. The van der Waals surface area contributed by atoms with Crippen LogP contribution in [0.3, 0.4) is 0 Å². The first-order chi connectivity index (χ1) is 12.4. The molecule has 147 valence electrons. The summed E-state index contributed by atoms with van der Waals surface area (Å²) in [5, 5.41) is 17.8. The van der Waals surface area contributed by atoms with E-state index < -0.39 is 11.9 Å². The Balaban J connectivity index is 0. The molecule has 0 aliphatic rings. The molecule has 0 atom stereocenters. The second kappa shape index (κ2) is 15.0. The van der Waals surface area contributed by atoms with Crippen LogP contribution < -0.4 is 10.2 Å². The Hall–Kier alpha value is -3.13. The normalized spacial score (nSPS) is 8.36. The molecular formula is C19H19MnN3O5. The summed E-state index contributed by atoms with van der Waals surface area (Å²) in [4.78, 5) is 31.0. The first kappa shape index (κ1) is 27.1. The number of carboxylic acid groups (broad SMARTS) is 2. The van der Waals surface area contributed by atoms with Gasteiger partial charge in [-0.25, -0.2) is 4.98 Å². The van der Waals surface area contributed by atoms with Crippen molar-refractivity contribution in [3.8, 4) is 22.8 Å². The zero-order chi connectivity index (χ0) is 19.4. The Morgan fingerprint density at radius 3 is 1.29 bits per heavy atom. The van der Waals surface area contributed by atoms with Crippen molar-refractivity contribution in [3.05, 3.63) is 67.0 Å². The Labute approximate surface area is 173 Å². The van der Waals surface area contributed by atoms with Crippen LogP contribution in [-0.4, -0.2) is 32.4 Å². The van der Waals surface area contributed by atoms with Crippen molar-refractivity contribution in [3.63, 3.8) is 0 Å². The quantitative estimate of drug-likeness (QED) is 0.521. The molecule has 3 aromatic rings. The van der Waals surface area contributed by atoms with Gasteiger partial charge in [0.05, 0.1) is 22.8 Å². The van der Waals surface area contributed by atoms with Crippen molar-refractivity contribution >= 4 is 11.9 Å².